The van der Waals surface area contributed by atoms with Crippen molar-refractivity contribution in [3.8, 4) is 11.8 Å². The van der Waals surface area contributed by atoms with Crippen LogP contribution in [0, 0.1) is 5.92 Å². The maximum absolute atomic E-state index is 12.5. The predicted octanol–water partition coefficient (Wildman–Crippen LogP) is 3.45. The zero-order chi connectivity index (χ0) is 23.8. The highest BCUT2D eigenvalue weighted by atomic mass is 16.5. The lowest BCUT2D eigenvalue weighted by Crippen LogP contribution is -2.36. The molecule has 0 radical (unpaired) electrons. The van der Waals surface area contributed by atoms with Gasteiger partial charge in [-0.05, 0) is 63.2 Å². The van der Waals surface area contributed by atoms with Crippen molar-refractivity contribution in [1.29, 1.82) is 0 Å². The number of aromatic nitrogens is 4. The van der Waals surface area contributed by atoms with Gasteiger partial charge in [0.15, 0.2) is 11.5 Å². The zero-order valence-electron chi connectivity index (χ0n) is 20.0. The van der Waals surface area contributed by atoms with Crippen LogP contribution in [-0.2, 0) is 6.54 Å². The van der Waals surface area contributed by atoms with E-state index >= 15 is 0 Å². The quantitative estimate of drug-likeness (QED) is 0.392. The molecule has 0 spiro atoms. The number of ether oxygens (including phenoxy) is 2. The first-order valence-electron chi connectivity index (χ1n) is 12.4. The molecule has 3 N–H and O–H groups in total. The Bertz CT molecular complexity index is 1090. The summed E-state index contributed by atoms with van der Waals surface area (Å²) in [5, 5.41) is 0. The smallest absolute Gasteiger partial charge is 0.327 e. The Morgan fingerprint density at radius 2 is 1.85 bits per heavy atom. The summed E-state index contributed by atoms with van der Waals surface area (Å²) >= 11 is 0. The third kappa shape index (κ3) is 6.28. The lowest BCUT2D eigenvalue weighted by molar-refractivity contribution is 0.150. The number of hydrogen-bond acceptors (Lipinski definition) is 7. The summed E-state index contributed by atoms with van der Waals surface area (Å²) in [6.45, 7) is 7.09. The largest absolute Gasteiger partial charge is 0.492 e. The number of H-pyrrole nitrogens is 1. The summed E-state index contributed by atoms with van der Waals surface area (Å²) in [6, 6.07) is 10.2. The number of nitrogen functional groups attached to an aromatic ring is 1. The molecule has 2 aromatic heterocycles. The van der Waals surface area contributed by atoms with Crippen LogP contribution in [0.15, 0.2) is 35.1 Å². The lowest BCUT2D eigenvalue weighted by atomic mass is 9.92. The van der Waals surface area contributed by atoms with E-state index in [-0.39, 0.29) is 17.5 Å². The number of benzene rings is 1. The molecule has 1 saturated heterocycles. The van der Waals surface area contributed by atoms with Crippen LogP contribution in [0.1, 0.15) is 45.4 Å². The summed E-state index contributed by atoms with van der Waals surface area (Å²) in [4.78, 5) is 26.4. The number of para-hydroxylation sites is 1. The minimum Gasteiger partial charge on any atom is -0.492 e. The molecule has 3 heterocycles. The summed E-state index contributed by atoms with van der Waals surface area (Å²) in [7, 11) is 0. The summed E-state index contributed by atoms with van der Waals surface area (Å²) in [6.07, 6.45) is 6.31. The molecule has 3 aromatic rings. The van der Waals surface area contributed by atoms with Crippen LogP contribution in [0.5, 0.6) is 11.8 Å². The molecule has 34 heavy (non-hydrogen) atoms. The molecule has 0 amide bonds. The third-order valence-corrected chi connectivity index (χ3v) is 6.48. The van der Waals surface area contributed by atoms with Crippen LogP contribution in [0.25, 0.3) is 11.2 Å². The minimum atomic E-state index is -0.199. The SMILES string of the molecule is CCCCOc1nc(N)c2[nH]c(=O)n(CCCC3CCN(CCOc4ccccc4)CC3)c2n1. The van der Waals surface area contributed by atoms with E-state index in [0.717, 1.165) is 51.1 Å². The third-order valence-electron chi connectivity index (χ3n) is 6.48. The van der Waals surface area contributed by atoms with Gasteiger partial charge in [-0.3, -0.25) is 9.47 Å². The van der Waals surface area contributed by atoms with E-state index in [9.17, 15) is 4.79 Å². The van der Waals surface area contributed by atoms with Gasteiger partial charge in [0.1, 0.15) is 17.9 Å². The first-order chi connectivity index (χ1) is 16.6. The number of imidazole rings is 1. The molecule has 1 aliphatic rings. The van der Waals surface area contributed by atoms with Crippen molar-refractivity contribution in [3.05, 3.63) is 40.8 Å². The van der Waals surface area contributed by atoms with Crippen LogP contribution >= 0.6 is 0 Å². The van der Waals surface area contributed by atoms with E-state index in [2.05, 4.69) is 26.8 Å². The molecule has 9 heteroatoms. The summed E-state index contributed by atoms with van der Waals surface area (Å²) < 4.78 is 13.1. The number of hydrogen-bond donors (Lipinski definition) is 2. The van der Waals surface area contributed by atoms with Gasteiger partial charge in [0.2, 0.25) is 0 Å². The van der Waals surface area contributed by atoms with Gasteiger partial charge in [-0.25, -0.2) is 4.79 Å². The Labute approximate surface area is 200 Å². The number of unbranched alkanes of at least 4 members (excludes halogenated alkanes) is 1. The number of aryl methyl sites for hydroxylation is 1. The number of aromatic amines is 1. The van der Waals surface area contributed by atoms with Gasteiger partial charge in [0.05, 0.1) is 6.61 Å². The van der Waals surface area contributed by atoms with E-state index in [1.54, 1.807) is 4.57 Å². The molecule has 1 fully saturated rings. The second kappa shape index (κ2) is 11.9. The maximum Gasteiger partial charge on any atom is 0.327 e. The van der Waals surface area contributed by atoms with Crippen LogP contribution < -0.4 is 20.9 Å². The second-order valence-electron chi connectivity index (χ2n) is 8.96. The maximum atomic E-state index is 12.5. The fraction of sp³-hybridized carbons (Fsp3) is 0.560. The normalized spacial score (nSPS) is 15.1. The highest BCUT2D eigenvalue weighted by Gasteiger charge is 2.20. The molecule has 0 bridgehead atoms. The fourth-order valence-electron chi connectivity index (χ4n) is 4.46. The minimum absolute atomic E-state index is 0.199. The molecule has 0 aliphatic carbocycles. The molecule has 184 valence electrons. The summed E-state index contributed by atoms with van der Waals surface area (Å²) in [5.74, 6) is 1.85. The standard InChI is InChI=1S/C25H36N6O3/c1-2-3-17-34-24-28-22(26)21-23(29-24)31(25(32)27-21)13-7-8-19-11-14-30(15-12-19)16-18-33-20-9-5-4-6-10-20/h4-6,9-10,19H,2-3,7-8,11-18H2,1H3,(H,27,32)(H2,26,28,29). The Kier molecular flexibility index (Phi) is 8.41. The van der Waals surface area contributed by atoms with Gasteiger partial charge in [-0.2, -0.15) is 9.97 Å². The highest BCUT2D eigenvalue weighted by Crippen LogP contribution is 2.23. The molecule has 1 aromatic carbocycles. The number of piperidine rings is 1. The summed E-state index contributed by atoms with van der Waals surface area (Å²) in [5.41, 5.74) is 6.85. The lowest BCUT2D eigenvalue weighted by Gasteiger charge is -2.31. The van der Waals surface area contributed by atoms with Gasteiger partial charge >= 0.3 is 11.7 Å². The molecular weight excluding hydrogens is 432 g/mol. The topological polar surface area (TPSA) is 111 Å². The van der Waals surface area contributed by atoms with Gasteiger partial charge in [0, 0.05) is 13.1 Å². The number of rotatable bonds is 12. The Morgan fingerprint density at radius 1 is 1.06 bits per heavy atom. The van der Waals surface area contributed by atoms with E-state index < -0.39 is 0 Å². The Hall–Kier alpha value is -3.07. The van der Waals surface area contributed by atoms with E-state index in [1.165, 1.54) is 12.8 Å². The molecule has 4 rings (SSSR count). The van der Waals surface area contributed by atoms with E-state index in [0.29, 0.717) is 36.8 Å². The number of likely N-dealkylation sites (tertiary alicyclic amines) is 1. The van der Waals surface area contributed by atoms with Crippen molar-refractivity contribution >= 4 is 17.0 Å². The van der Waals surface area contributed by atoms with E-state index in [4.69, 9.17) is 15.2 Å². The fourth-order valence-corrected chi connectivity index (χ4v) is 4.46. The van der Waals surface area contributed by atoms with E-state index in [1.807, 2.05) is 30.3 Å². The molecule has 0 saturated carbocycles. The molecule has 1 aliphatic heterocycles. The Morgan fingerprint density at radius 3 is 2.62 bits per heavy atom. The average molecular weight is 469 g/mol. The van der Waals surface area contributed by atoms with Crippen LogP contribution in [0.2, 0.25) is 0 Å². The molecular formula is C25H36N6O3. The first kappa shape index (κ1) is 24.1. The Balaban J connectivity index is 1.23. The number of nitrogens with zero attached hydrogens (tertiary/aromatic N) is 4. The molecule has 9 nitrogen and oxygen atoms in total. The van der Waals surface area contributed by atoms with Gasteiger partial charge in [-0.1, -0.05) is 31.5 Å². The zero-order valence-corrected chi connectivity index (χ0v) is 20.0. The van der Waals surface area contributed by atoms with Crippen molar-refractivity contribution in [2.45, 2.75) is 52.0 Å². The second-order valence-corrected chi connectivity index (χ2v) is 8.96. The van der Waals surface area contributed by atoms with Crippen molar-refractivity contribution in [3.63, 3.8) is 0 Å². The number of nitrogens with one attached hydrogen (secondary N) is 1. The van der Waals surface area contributed by atoms with Crippen LogP contribution in [-0.4, -0.2) is 57.3 Å². The highest BCUT2D eigenvalue weighted by molar-refractivity contribution is 5.81. The average Bonchev–Trinajstić information content (AvgIpc) is 3.17. The van der Waals surface area contributed by atoms with Crippen LogP contribution in [0.4, 0.5) is 5.82 Å². The van der Waals surface area contributed by atoms with Crippen molar-refractivity contribution in [1.82, 2.24) is 24.4 Å². The van der Waals surface area contributed by atoms with Gasteiger partial charge in [0.25, 0.3) is 0 Å². The van der Waals surface area contributed by atoms with Crippen molar-refractivity contribution in [2.75, 3.05) is 38.6 Å². The van der Waals surface area contributed by atoms with Crippen molar-refractivity contribution in [2.24, 2.45) is 5.92 Å². The number of nitrogens with two attached hydrogens (primary N) is 1. The number of fused-ring (bicyclic) bond motifs is 1. The first-order valence-corrected chi connectivity index (χ1v) is 12.4. The van der Waals surface area contributed by atoms with Crippen LogP contribution in [0.3, 0.4) is 0 Å². The van der Waals surface area contributed by atoms with Crippen molar-refractivity contribution < 1.29 is 9.47 Å². The van der Waals surface area contributed by atoms with Gasteiger partial charge in [-0.15, -0.1) is 0 Å². The predicted molar refractivity (Wildman–Crippen MR) is 133 cm³/mol. The molecule has 0 unspecified atom stereocenters. The molecule has 0 atom stereocenters. The van der Waals surface area contributed by atoms with Gasteiger partial charge < -0.3 is 20.2 Å². The monoisotopic (exact) mass is 468 g/mol. The number of anilines is 1.